The number of fused-ring (bicyclic) bond motifs is 1. The lowest BCUT2D eigenvalue weighted by Gasteiger charge is -2.29. The Balaban J connectivity index is 1.73. The average molecular weight is 247 g/mol. The van der Waals surface area contributed by atoms with Crippen molar-refractivity contribution in [1.29, 1.82) is 0 Å². The summed E-state index contributed by atoms with van der Waals surface area (Å²) in [6.45, 7) is 1.34. The van der Waals surface area contributed by atoms with Crippen molar-refractivity contribution in [3.8, 4) is 11.5 Å². The van der Waals surface area contributed by atoms with E-state index in [0.29, 0.717) is 25.2 Å². The number of hydrogen-bond donors (Lipinski definition) is 1. The maximum Gasteiger partial charge on any atom is 0.161 e. The largest absolute Gasteiger partial charge is 0.486 e. The zero-order valence-corrected chi connectivity index (χ0v) is 10.9. The molecule has 0 amide bonds. The van der Waals surface area contributed by atoms with Gasteiger partial charge in [0.1, 0.15) is 13.2 Å². The predicted octanol–water partition coefficient (Wildman–Crippen LogP) is 2.70. The second kappa shape index (κ2) is 5.19. The van der Waals surface area contributed by atoms with Gasteiger partial charge in [-0.2, -0.15) is 0 Å². The molecule has 0 saturated heterocycles. The lowest BCUT2D eigenvalue weighted by Crippen LogP contribution is -2.29. The fraction of sp³-hybridized carbons (Fsp3) is 0.600. The van der Waals surface area contributed by atoms with E-state index in [9.17, 15) is 0 Å². The van der Waals surface area contributed by atoms with Crippen molar-refractivity contribution >= 4 is 0 Å². The van der Waals surface area contributed by atoms with Gasteiger partial charge in [-0.3, -0.25) is 0 Å². The Bertz CT molecular complexity index is 411. The summed E-state index contributed by atoms with van der Waals surface area (Å²) >= 11 is 0. The molecule has 3 heteroatoms. The first-order valence-corrected chi connectivity index (χ1v) is 6.93. The second-order valence-electron chi connectivity index (χ2n) is 5.24. The van der Waals surface area contributed by atoms with Crippen LogP contribution in [0.3, 0.4) is 0 Å². The highest BCUT2D eigenvalue weighted by atomic mass is 16.6. The molecule has 1 fully saturated rings. The molecule has 1 aliphatic carbocycles. The maximum absolute atomic E-state index is 5.66. The molecule has 0 radical (unpaired) electrons. The Morgan fingerprint density at radius 2 is 1.72 bits per heavy atom. The van der Waals surface area contributed by atoms with Crippen molar-refractivity contribution < 1.29 is 9.47 Å². The number of ether oxygens (including phenoxy) is 2. The van der Waals surface area contributed by atoms with Crippen LogP contribution in [0.25, 0.3) is 0 Å². The molecule has 3 rings (SSSR count). The minimum Gasteiger partial charge on any atom is -0.486 e. The van der Waals surface area contributed by atoms with Gasteiger partial charge in [0.2, 0.25) is 0 Å². The Kier molecular flexibility index (Phi) is 3.41. The molecule has 1 aromatic rings. The van der Waals surface area contributed by atoms with Crippen molar-refractivity contribution in [3.05, 3.63) is 23.8 Å². The van der Waals surface area contributed by atoms with E-state index in [1.807, 2.05) is 0 Å². The van der Waals surface area contributed by atoms with Crippen molar-refractivity contribution in [2.45, 2.75) is 37.6 Å². The Labute approximate surface area is 108 Å². The second-order valence-corrected chi connectivity index (χ2v) is 5.24. The molecule has 1 aromatic carbocycles. The summed E-state index contributed by atoms with van der Waals surface area (Å²) in [6.07, 6.45) is 5.08. The lowest BCUT2D eigenvalue weighted by molar-refractivity contribution is 0.171. The van der Waals surface area contributed by atoms with E-state index in [0.717, 1.165) is 11.5 Å². The molecule has 0 spiro atoms. The molecule has 1 aliphatic heterocycles. The van der Waals surface area contributed by atoms with Crippen LogP contribution >= 0.6 is 0 Å². The number of rotatable bonds is 2. The average Bonchev–Trinajstić information content (AvgIpc) is 2.47. The summed E-state index contributed by atoms with van der Waals surface area (Å²) in [5.74, 6) is 2.51. The van der Waals surface area contributed by atoms with Crippen LogP contribution < -0.4 is 14.8 Å². The van der Waals surface area contributed by atoms with Gasteiger partial charge in [0.15, 0.2) is 11.5 Å². The quantitative estimate of drug-likeness (QED) is 0.871. The monoisotopic (exact) mass is 247 g/mol. The van der Waals surface area contributed by atoms with E-state index in [4.69, 9.17) is 9.47 Å². The van der Waals surface area contributed by atoms with E-state index >= 15 is 0 Å². The fourth-order valence-corrected chi connectivity index (χ4v) is 3.03. The zero-order valence-electron chi connectivity index (χ0n) is 10.9. The van der Waals surface area contributed by atoms with Crippen LogP contribution in [0.4, 0.5) is 0 Å². The summed E-state index contributed by atoms with van der Waals surface area (Å²) in [5.41, 5.74) is 1.41. The summed E-state index contributed by atoms with van der Waals surface area (Å²) in [4.78, 5) is 0. The highest BCUT2D eigenvalue weighted by molar-refractivity contribution is 5.44. The van der Waals surface area contributed by atoms with Gasteiger partial charge in [-0.1, -0.05) is 6.07 Å². The predicted molar refractivity (Wildman–Crippen MR) is 71.5 cm³/mol. The molecule has 18 heavy (non-hydrogen) atoms. The van der Waals surface area contributed by atoms with Gasteiger partial charge in [0, 0.05) is 6.04 Å². The zero-order chi connectivity index (χ0) is 12.4. The highest BCUT2D eigenvalue weighted by Crippen LogP contribution is 2.38. The van der Waals surface area contributed by atoms with E-state index in [2.05, 4.69) is 30.6 Å². The molecule has 0 unspecified atom stereocenters. The maximum atomic E-state index is 5.66. The van der Waals surface area contributed by atoms with Crippen LogP contribution in [0.5, 0.6) is 11.5 Å². The fourth-order valence-electron chi connectivity index (χ4n) is 3.03. The molecule has 3 nitrogen and oxygen atoms in total. The minimum absolute atomic E-state index is 0.666. The van der Waals surface area contributed by atoms with Crippen LogP contribution in [0.2, 0.25) is 0 Å². The molecule has 98 valence electrons. The number of benzene rings is 1. The molecule has 0 aromatic heterocycles. The van der Waals surface area contributed by atoms with E-state index in [-0.39, 0.29) is 0 Å². The highest BCUT2D eigenvalue weighted by Gasteiger charge is 2.22. The van der Waals surface area contributed by atoms with E-state index in [1.165, 1.54) is 31.2 Å². The van der Waals surface area contributed by atoms with Gasteiger partial charge < -0.3 is 14.8 Å². The summed E-state index contributed by atoms with van der Waals surface area (Å²) < 4.78 is 11.2. The third kappa shape index (κ3) is 2.32. The topological polar surface area (TPSA) is 30.5 Å². The number of hydrogen-bond acceptors (Lipinski definition) is 3. The lowest BCUT2D eigenvalue weighted by atomic mass is 9.81. The molecule has 0 atom stereocenters. The standard InChI is InChI=1S/C15H21NO2/c1-16-13-5-2-11(3-6-13)12-4-7-14-15(10-12)18-9-8-17-14/h4,7,10-11,13,16H,2-3,5-6,8-9H2,1H3. The summed E-state index contributed by atoms with van der Waals surface area (Å²) in [6, 6.07) is 7.16. The third-order valence-electron chi connectivity index (χ3n) is 4.17. The van der Waals surface area contributed by atoms with Crippen molar-refractivity contribution in [3.63, 3.8) is 0 Å². The Morgan fingerprint density at radius 1 is 1.00 bits per heavy atom. The van der Waals surface area contributed by atoms with Crippen LogP contribution in [0.15, 0.2) is 18.2 Å². The van der Waals surface area contributed by atoms with Crippen molar-refractivity contribution in [1.82, 2.24) is 5.32 Å². The SMILES string of the molecule is CNC1CCC(c2ccc3c(c2)OCCO3)CC1. The van der Waals surface area contributed by atoms with Crippen LogP contribution in [0, 0.1) is 0 Å². The van der Waals surface area contributed by atoms with E-state index in [1.54, 1.807) is 0 Å². The molecule has 1 heterocycles. The normalized spacial score (nSPS) is 26.9. The van der Waals surface area contributed by atoms with Crippen molar-refractivity contribution in [2.24, 2.45) is 0 Å². The van der Waals surface area contributed by atoms with Gasteiger partial charge >= 0.3 is 0 Å². The van der Waals surface area contributed by atoms with Gasteiger partial charge in [-0.05, 0) is 56.3 Å². The van der Waals surface area contributed by atoms with Crippen LogP contribution in [-0.4, -0.2) is 26.3 Å². The Morgan fingerprint density at radius 3 is 2.44 bits per heavy atom. The smallest absolute Gasteiger partial charge is 0.161 e. The Hall–Kier alpha value is -1.22. The van der Waals surface area contributed by atoms with Gasteiger partial charge in [-0.15, -0.1) is 0 Å². The molecule has 1 saturated carbocycles. The molecular formula is C15H21NO2. The van der Waals surface area contributed by atoms with Crippen LogP contribution in [0.1, 0.15) is 37.2 Å². The van der Waals surface area contributed by atoms with Gasteiger partial charge in [0.25, 0.3) is 0 Å². The van der Waals surface area contributed by atoms with Crippen LogP contribution in [-0.2, 0) is 0 Å². The van der Waals surface area contributed by atoms with Gasteiger partial charge in [0.05, 0.1) is 0 Å². The number of nitrogens with one attached hydrogen (secondary N) is 1. The third-order valence-corrected chi connectivity index (χ3v) is 4.17. The van der Waals surface area contributed by atoms with E-state index < -0.39 is 0 Å². The molecule has 0 bridgehead atoms. The first-order valence-electron chi connectivity index (χ1n) is 6.93. The molecule has 2 aliphatic rings. The van der Waals surface area contributed by atoms with Crippen molar-refractivity contribution in [2.75, 3.05) is 20.3 Å². The first kappa shape index (κ1) is 11.8. The molecule has 1 N–H and O–H groups in total. The molecular weight excluding hydrogens is 226 g/mol. The minimum atomic E-state index is 0.666. The van der Waals surface area contributed by atoms with Gasteiger partial charge in [-0.25, -0.2) is 0 Å². The summed E-state index contributed by atoms with van der Waals surface area (Å²) in [5, 5.41) is 3.38. The summed E-state index contributed by atoms with van der Waals surface area (Å²) in [7, 11) is 2.06. The first-order chi connectivity index (χ1) is 8.86.